The minimum absolute atomic E-state index is 0.161. The van der Waals surface area contributed by atoms with Gasteiger partial charge in [-0.25, -0.2) is 9.97 Å². The number of carbonyl (C=O) groups is 1. The number of β-amino-alcohol motifs (C(OH)–C–C–N with tert-alkyl or cyclic N) is 1. The summed E-state index contributed by atoms with van der Waals surface area (Å²) in [6.45, 7) is 1.06. The van der Waals surface area contributed by atoms with Gasteiger partial charge in [-0.1, -0.05) is 5.92 Å². The van der Waals surface area contributed by atoms with Crippen molar-refractivity contribution in [2.45, 2.75) is 6.23 Å². The van der Waals surface area contributed by atoms with E-state index in [1.165, 1.54) is 4.90 Å². The predicted octanol–water partition coefficient (Wildman–Crippen LogP) is 0.504. The smallest absolute Gasteiger partial charge is 0.299 e. The average Bonchev–Trinajstić information content (AvgIpc) is 2.67. The monoisotopic (exact) mass is 338 g/mol. The van der Waals surface area contributed by atoms with Gasteiger partial charge in [0.15, 0.2) is 0 Å². The number of carbonyl (C=O) groups excluding carboxylic acids is 1. The number of benzene rings is 1. The standard InChI is InChI=1S/C18H18N4O3/c1-25-15-6-3-14(4-7-15)5-8-16(23)21-11-12-22(17(24)13-21)18-19-9-2-10-20-18/h2-4,6-7,9-10,17,24H,11-13H2,1H3. The van der Waals surface area contributed by atoms with Crippen LogP contribution in [0.4, 0.5) is 5.95 Å². The van der Waals surface area contributed by atoms with Crippen LogP contribution in [0, 0.1) is 11.8 Å². The Morgan fingerprint density at radius 2 is 1.96 bits per heavy atom. The second-order valence-corrected chi connectivity index (χ2v) is 5.45. The lowest BCUT2D eigenvalue weighted by atomic mass is 10.2. The molecule has 1 saturated heterocycles. The molecule has 1 amide bonds. The van der Waals surface area contributed by atoms with Crippen LogP contribution < -0.4 is 9.64 Å². The number of piperazine rings is 1. The number of amides is 1. The molecule has 1 unspecified atom stereocenters. The maximum atomic E-state index is 12.3. The quantitative estimate of drug-likeness (QED) is 0.804. The van der Waals surface area contributed by atoms with Gasteiger partial charge in [0.1, 0.15) is 12.0 Å². The Balaban J connectivity index is 1.62. The van der Waals surface area contributed by atoms with Crippen LogP contribution in [0.3, 0.4) is 0 Å². The molecule has 0 radical (unpaired) electrons. The molecule has 0 spiro atoms. The van der Waals surface area contributed by atoms with E-state index in [-0.39, 0.29) is 12.5 Å². The second kappa shape index (κ2) is 7.64. The van der Waals surface area contributed by atoms with Crippen molar-refractivity contribution in [3.8, 4) is 17.6 Å². The Morgan fingerprint density at radius 3 is 2.60 bits per heavy atom. The largest absolute Gasteiger partial charge is 0.497 e. The summed E-state index contributed by atoms with van der Waals surface area (Å²) in [5, 5.41) is 10.3. The van der Waals surface area contributed by atoms with Crippen LogP contribution in [0.1, 0.15) is 5.56 Å². The fourth-order valence-electron chi connectivity index (χ4n) is 2.50. The fraction of sp³-hybridized carbons (Fsp3) is 0.278. The van der Waals surface area contributed by atoms with Crippen LogP contribution >= 0.6 is 0 Å². The third-order valence-corrected chi connectivity index (χ3v) is 3.85. The molecule has 0 bridgehead atoms. The number of aliphatic hydroxyl groups excluding tert-OH is 1. The number of aromatic nitrogens is 2. The number of hydrogen-bond acceptors (Lipinski definition) is 6. The van der Waals surface area contributed by atoms with E-state index in [2.05, 4.69) is 21.8 Å². The van der Waals surface area contributed by atoms with Gasteiger partial charge in [0, 0.05) is 37.0 Å². The molecule has 1 aromatic carbocycles. The van der Waals surface area contributed by atoms with E-state index in [1.54, 1.807) is 54.7 Å². The highest BCUT2D eigenvalue weighted by Crippen LogP contribution is 2.14. The van der Waals surface area contributed by atoms with Crippen LogP contribution in [0.2, 0.25) is 0 Å². The normalized spacial score (nSPS) is 16.8. The number of hydrogen-bond donors (Lipinski definition) is 1. The maximum absolute atomic E-state index is 12.3. The van der Waals surface area contributed by atoms with Gasteiger partial charge in [0.2, 0.25) is 5.95 Å². The molecular formula is C18H18N4O3. The first-order valence-corrected chi connectivity index (χ1v) is 7.84. The zero-order chi connectivity index (χ0) is 17.6. The Morgan fingerprint density at radius 1 is 1.24 bits per heavy atom. The molecule has 128 valence electrons. The van der Waals surface area contributed by atoms with Crippen LogP contribution in [0.15, 0.2) is 42.7 Å². The van der Waals surface area contributed by atoms with Crippen molar-refractivity contribution in [3.05, 3.63) is 48.3 Å². The lowest BCUT2D eigenvalue weighted by molar-refractivity contribution is -0.127. The lowest BCUT2D eigenvalue weighted by Crippen LogP contribution is -2.55. The minimum atomic E-state index is -0.858. The molecule has 3 rings (SSSR count). The molecule has 7 heteroatoms. The molecule has 0 aliphatic carbocycles. The maximum Gasteiger partial charge on any atom is 0.299 e. The lowest BCUT2D eigenvalue weighted by Gasteiger charge is -2.37. The number of aliphatic hydroxyl groups is 1. The molecule has 1 fully saturated rings. The van der Waals surface area contributed by atoms with E-state index in [1.807, 2.05) is 0 Å². The van der Waals surface area contributed by atoms with Crippen molar-refractivity contribution in [1.82, 2.24) is 14.9 Å². The Kier molecular flexibility index (Phi) is 5.11. The van der Waals surface area contributed by atoms with E-state index in [0.717, 1.165) is 11.3 Å². The SMILES string of the molecule is COc1ccc(C#CC(=O)N2CCN(c3ncccn3)C(O)C2)cc1. The van der Waals surface area contributed by atoms with Crippen LogP contribution in [0.25, 0.3) is 0 Å². The molecule has 1 N–H and O–H groups in total. The van der Waals surface area contributed by atoms with Crippen molar-refractivity contribution >= 4 is 11.9 Å². The molecule has 1 atom stereocenters. The number of ether oxygens (including phenoxy) is 1. The van der Waals surface area contributed by atoms with Gasteiger partial charge in [-0.05, 0) is 30.3 Å². The van der Waals surface area contributed by atoms with Crippen molar-refractivity contribution in [3.63, 3.8) is 0 Å². The summed E-state index contributed by atoms with van der Waals surface area (Å²) in [6, 6.07) is 8.87. The van der Waals surface area contributed by atoms with Crippen molar-refractivity contribution in [2.75, 3.05) is 31.6 Å². The summed E-state index contributed by atoms with van der Waals surface area (Å²) < 4.78 is 5.08. The van der Waals surface area contributed by atoms with E-state index in [4.69, 9.17) is 4.74 Å². The highest BCUT2D eigenvalue weighted by atomic mass is 16.5. The van der Waals surface area contributed by atoms with Crippen molar-refractivity contribution in [1.29, 1.82) is 0 Å². The molecule has 7 nitrogen and oxygen atoms in total. The molecule has 1 aromatic heterocycles. The highest BCUT2D eigenvalue weighted by Gasteiger charge is 2.28. The summed E-state index contributed by atoms with van der Waals surface area (Å²) in [7, 11) is 1.59. The summed E-state index contributed by atoms with van der Waals surface area (Å²) in [5.74, 6) is 6.32. The van der Waals surface area contributed by atoms with Crippen molar-refractivity contribution in [2.24, 2.45) is 0 Å². The first-order valence-electron chi connectivity index (χ1n) is 7.84. The van der Waals surface area contributed by atoms with E-state index >= 15 is 0 Å². The molecule has 25 heavy (non-hydrogen) atoms. The number of methoxy groups -OCH3 is 1. The van der Waals surface area contributed by atoms with Crippen LogP contribution in [-0.4, -0.2) is 58.9 Å². The Bertz CT molecular complexity index is 783. The third-order valence-electron chi connectivity index (χ3n) is 3.85. The number of anilines is 1. The fourth-order valence-corrected chi connectivity index (χ4v) is 2.50. The topological polar surface area (TPSA) is 78.8 Å². The van der Waals surface area contributed by atoms with Gasteiger partial charge in [0.25, 0.3) is 5.91 Å². The molecule has 2 aromatic rings. The summed E-state index contributed by atoms with van der Waals surface area (Å²) in [4.78, 5) is 23.7. The zero-order valence-electron chi connectivity index (χ0n) is 13.8. The molecule has 2 heterocycles. The number of nitrogens with zero attached hydrogens (tertiary/aromatic N) is 4. The molecule has 1 aliphatic rings. The Labute approximate surface area is 145 Å². The zero-order valence-corrected chi connectivity index (χ0v) is 13.8. The van der Waals surface area contributed by atoms with Crippen molar-refractivity contribution < 1.29 is 14.6 Å². The summed E-state index contributed by atoms with van der Waals surface area (Å²) in [6.07, 6.45) is 2.38. The minimum Gasteiger partial charge on any atom is -0.497 e. The second-order valence-electron chi connectivity index (χ2n) is 5.45. The van der Waals surface area contributed by atoms with Gasteiger partial charge in [-0.15, -0.1) is 0 Å². The summed E-state index contributed by atoms with van der Waals surface area (Å²) in [5.41, 5.74) is 0.728. The van der Waals surface area contributed by atoms with Gasteiger partial charge in [0.05, 0.1) is 13.7 Å². The van der Waals surface area contributed by atoms with E-state index < -0.39 is 6.23 Å². The summed E-state index contributed by atoms with van der Waals surface area (Å²) >= 11 is 0. The van der Waals surface area contributed by atoms with E-state index in [0.29, 0.717) is 19.0 Å². The predicted molar refractivity (Wildman–Crippen MR) is 91.8 cm³/mol. The third kappa shape index (κ3) is 4.05. The Hall–Kier alpha value is -3.11. The van der Waals surface area contributed by atoms with Gasteiger partial charge in [-0.3, -0.25) is 4.79 Å². The highest BCUT2D eigenvalue weighted by molar-refractivity contribution is 5.94. The molecule has 0 saturated carbocycles. The first kappa shape index (κ1) is 16.7. The van der Waals surface area contributed by atoms with Crippen LogP contribution in [-0.2, 0) is 4.79 Å². The van der Waals surface area contributed by atoms with Gasteiger partial charge >= 0.3 is 0 Å². The van der Waals surface area contributed by atoms with Crippen LogP contribution in [0.5, 0.6) is 5.75 Å². The van der Waals surface area contributed by atoms with E-state index in [9.17, 15) is 9.90 Å². The molecule has 1 aliphatic heterocycles. The van der Waals surface area contributed by atoms with Gasteiger partial charge in [-0.2, -0.15) is 0 Å². The molecular weight excluding hydrogens is 320 g/mol. The average molecular weight is 338 g/mol. The number of rotatable bonds is 2. The van der Waals surface area contributed by atoms with Gasteiger partial charge < -0.3 is 19.6 Å². The first-order chi connectivity index (χ1) is 12.2.